The van der Waals surface area contributed by atoms with Crippen LogP contribution in [0.3, 0.4) is 0 Å². The minimum Gasteiger partial charge on any atom is -0.480 e. The van der Waals surface area contributed by atoms with Crippen molar-refractivity contribution >= 4 is 16.0 Å². The number of nitrogens with zero attached hydrogens (tertiary/aromatic N) is 2. The number of carboxylic acid groups (broad SMARTS) is 1. The molecule has 1 aliphatic carbocycles. The summed E-state index contributed by atoms with van der Waals surface area (Å²) >= 11 is 0. The third-order valence-electron chi connectivity index (χ3n) is 3.76. The fourth-order valence-corrected chi connectivity index (χ4v) is 4.42. The molecule has 1 saturated carbocycles. The van der Waals surface area contributed by atoms with Crippen LogP contribution in [0.2, 0.25) is 0 Å². The number of hydrogen-bond acceptors (Lipinski definition) is 4. The Morgan fingerprint density at radius 3 is 2.71 bits per heavy atom. The Balaban J connectivity index is 2.20. The normalized spacial score (nSPS) is 21.5. The van der Waals surface area contributed by atoms with Gasteiger partial charge in [-0.05, 0) is 32.6 Å². The number of carbonyl (C=O) groups is 1. The second kappa shape index (κ2) is 5.76. The van der Waals surface area contributed by atoms with Crippen molar-refractivity contribution in [2.45, 2.75) is 57.5 Å². The first-order chi connectivity index (χ1) is 9.76. The SMILES string of the molecule is CCCC1CC1NS(=O)(=O)c1c(C)nn(CC(=O)O)c1C. The number of sulfonamides is 1. The topological polar surface area (TPSA) is 101 Å². The van der Waals surface area contributed by atoms with Gasteiger partial charge in [-0.15, -0.1) is 0 Å². The first-order valence-corrected chi connectivity index (χ1v) is 8.52. The second-order valence-corrected chi connectivity index (χ2v) is 7.21. The van der Waals surface area contributed by atoms with Crippen molar-refractivity contribution in [2.24, 2.45) is 5.92 Å². The van der Waals surface area contributed by atoms with Crippen LogP contribution in [-0.4, -0.2) is 35.3 Å². The Hall–Kier alpha value is -1.41. The molecular formula is C13H21N3O4S. The molecule has 2 unspecified atom stereocenters. The maximum absolute atomic E-state index is 12.5. The van der Waals surface area contributed by atoms with Gasteiger partial charge in [0, 0.05) is 6.04 Å². The van der Waals surface area contributed by atoms with Gasteiger partial charge in [0.15, 0.2) is 0 Å². The summed E-state index contributed by atoms with van der Waals surface area (Å²) in [7, 11) is -3.65. The number of aromatic nitrogens is 2. The second-order valence-electron chi connectivity index (χ2n) is 5.56. The zero-order chi connectivity index (χ0) is 15.8. The van der Waals surface area contributed by atoms with Gasteiger partial charge in [0.2, 0.25) is 10.0 Å². The molecule has 0 bridgehead atoms. The van der Waals surface area contributed by atoms with Crippen LogP contribution in [0.1, 0.15) is 37.6 Å². The largest absolute Gasteiger partial charge is 0.480 e. The van der Waals surface area contributed by atoms with Crippen molar-refractivity contribution in [2.75, 3.05) is 0 Å². The lowest BCUT2D eigenvalue weighted by molar-refractivity contribution is -0.137. The van der Waals surface area contributed by atoms with Crippen molar-refractivity contribution in [3.05, 3.63) is 11.4 Å². The Labute approximate surface area is 124 Å². The van der Waals surface area contributed by atoms with E-state index in [-0.39, 0.29) is 17.5 Å². The van der Waals surface area contributed by atoms with Gasteiger partial charge in [0.25, 0.3) is 0 Å². The maximum atomic E-state index is 12.5. The summed E-state index contributed by atoms with van der Waals surface area (Å²) in [6, 6.07) is -0.00317. The van der Waals surface area contributed by atoms with E-state index in [0.717, 1.165) is 19.3 Å². The predicted octanol–water partition coefficient (Wildman–Crippen LogP) is 1.05. The molecule has 1 aromatic rings. The van der Waals surface area contributed by atoms with Crippen LogP contribution in [0.25, 0.3) is 0 Å². The molecule has 21 heavy (non-hydrogen) atoms. The average molecular weight is 315 g/mol. The van der Waals surface area contributed by atoms with Crippen molar-refractivity contribution in [3.8, 4) is 0 Å². The van der Waals surface area contributed by atoms with E-state index < -0.39 is 16.0 Å². The lowest BCUT2D eigenvalue weighted by Gasteiger charge is -2.07. The molecule has 1 heterocycles. The van der Waals surface area contributed by atoms with Gasteiger partial charge in [-0.25, -0.2) is 13.1 Å². The highest BCUT2D eigenvalue weighted by Crippen LogP contribution is 2.36. The van der Waals surface area contributed by atoms with Gasteiger partial charge < -0.3 is 5.11 Å². The Kier molecular flexibility index (Phi) is 4.38. The number of carboxylic acids is 1. The van der Waals surface area contributed by atoms with E-state index in [2.05, 4.69) is 16.7 Å². The number of nitrogens with one attached hydrogen (secondary N) is 1. The third kappa shape index (κ3) is 3.44. The van der Waals surface area contributed by atoms with Crippen LogP contribution in [-0.2, 0) is 21.4 Å². The van der Waals surface area contributed by atoms with Gasteiger partial charge in [0.05, 0.1) is 11.4 Å². The molecule has 0 amide bonds. The van der Waals surface area contributed by atoms with Crippen LogP contribution in [0.5, 0.6) is 0 Å². The standard InChI is InChI=1S/C13H21N3O4S/c1-4-5-10-6-11(10)15-21(19,20)13-8(2)14-16(9(13)3)7-12(17)18/h10-11,15H,4-7H2,1-3H3,(H,17,18). The van der Waals surface area contributed by atoms with E-state index in [1.165, 1.54) is 4.68 Å². The molecule has 1 fully saturated rings. The number of aliphatic carboxylic acids is 1. The fourth-order valence-electron chi connectivity index (χ4n) is 2.69. The van der Waals surface area contributed by atoms with Crippen LogP contribution in [0, 0.1) is 19.8 Å². The first-order valence-electron chi connectivity index (χ1n) is 7.04. The molecule has 7 nitrogen and oxygen atoms in total. The summed E-state index contributed by atoms with van der Waals surface area (Å²) in [5.74, 6) is -0.637. The fraction of sp³-hybridized carbons (Fsp3) is 0.692. The molecule has 0 aromatic carbocycles. The monoisotopic (exact) mass is 315 g/mol. The Bertz CT molecular complexity index is 651. The van der Waals surface area contributed by atoms with Gasteiger partial charge in [-0.2, -0.15) is 5.10 Å². The van der Waals surface area contributed by atoms with Crippen molar-refractivity contribution in [1.29, 1.82) is 0 Å². The van der Waals surface area contributed by atoms with Crippen LogP contribution < -0.4 is 4.72 Å². The Morgan fingerprint density at radius 1 is 1.48 bits per heavy atom. The van der Waals surface area contributed by atoms with Crippen molar-refractivity contribution in [3.63, 3.8) is 0 Å². The quantitative estimate of drug-likeness (QED) is 0.783. The summed E-state index contributed by atoms with van der Waals surface area (Å²) in [5, 5.41) is 12.8. The van der Waals surface area contributed by atoms with E-state index in [1.807, 2.05) is 0 Å². The van der Waals surface area contributed by atoms with Gasteiger partial charge in [0.1, 0.15) is 11.4 Å². The molecule has 0 saturated heterocycles. The first kappa shape index (κ1) is 16.0. The average Bonchev–Trinajstić information content (AvgIpc) is 2.97. The van der Waals surface area contributed by atoms with Crippen LogP contribution >= 0.6 is 0 Å². The van der Waals surface area contributed by atoms with Gasteiger partial charge in [-0.1, -0.05) is 13.3 Å². The molecule has 8 heteroatoms. The highest BCUT2D eigenvalue weighted by Gasteiger charge is 2.40. The highest BCUT2D eigenvalue weighted by molar-refractivity contribution is 7.89. The molecule has 2 atom stereocenters. The van der Waals surface area contributed by atoms with Crippen LogP contribution in [0.15, 0.2) is 4.90 Å². The number of aryl methyl sites for hydroxylation is 1. The van der Waals surface area contributed by atoms with E-state index in [0.29, 0.717) is 17.3 Å². The molecule has 1 aliphatic rings. The predicted molar refractivity (Wildman–Crippen MR) is 76.5 cm³/mol. The highest BCUT2D eigenvalue weighted by atomic mass is 32.2. The van der Waals surface area contributed by atoms with Gasteiger partial charge in [-0.3, -0.25) is 9.48 Å². The molecule has 2 rings (SSSR count). The van der Waals surface area contributed by atoms with E-state index >= 15 is 0 Å². The molecular weight excluding hydrogens is 294 g/mol. The summed E-state index contributed by atoms with van der Waals surface area (Å²) in [6.45, 7) is 4.89. The molecule has 0 spiro atoms. The molecule has 2 N–H and O–H groups in total. The minimum absolute atomic E-state index is 0.00317. The van der Waals surface area contributed by atoms with E-state index in [1.54, 1.807) is 13.8 Å². The molecule has 118 valence electrons. The molecule has 0 aliphatic heterocycles. The van der Waals surface area contributed by atoms with E-state index in [9.17, 15) is 13.2 Å². The zero-order valence-corrected chi connectivity index (χ0v) is 13.3. The van der Waals surface area contributed by atoms with Crippen molar-refractivity contribution in [1.82, 2.24) is 14.5 Å². The molecule has 1 aromatic heterocycles. The summed E-state index contributed by atoms with van der Waals surface area (Å²) in [5.41, 5.74) is 0.684. The van der Waals surface area contributed by atoms with Gasteiger partial charge >= 0.3 is 5.97 Å². The van der Waals surface area contributed by atoms with E-state index in [4.69, 9.17) is 5.11 Å². The van der Waals surface area contributed by atoms with Crippen LogP contribution in [0.4, 0.5) is 0 Å². The lowest BCUT2D eigenvalue weighted by Crippen LogP contribution is -2.28. The summed E-state index contributed by atoms with van der Waals surface area (Å²) in [6.07, 6.45) is 2.93. The minimum atomic E-state index is -3.65. The third-order valence-corrected chi connectivity index (χ3v) is 5.50. The number of hydrogen-bond donors (Lipinski definition) is 2. The van der Waals surface area contributed by atoms with Crippen molar-refractivity contribution < 1.29 is 18.3 Å². The lowest BCUT2D eigenvalue weighted by atomic mass is 10.2. The summed E-state index contributed by atoms with van der Waals surface area (Å²) in [4.78, 5) is 10.9. The zero-order valence-electron chi connectivity index (χ0n) is 12.5. The summed E-state index contributed by atoms with van der Waals surface area (Å²) < 4.78 is 28.8. The maximum Gasteiger partial charge on any atom is 0.325 e. The smallest absolute Gasteiger partial charge is 0.325 e. The molecule has 0 radical (unpaired) electrons. The number of rotatable bonds is 7. The Morgan fingerprint density at radius 2 is 2.14 bits per heavy atom.